The lowest BCUT2D eigenvalue weighted by Crippen LogP contribution is -2.37. The maximum atomic E-state index is 12.4. The molecule has 102 valence electrons. The Morgan fingerprint density at radius 1 is 1.35 bits per heavy atom. The predicted octanol–water partition coefficient (Wildman–Crippen LogP) is 2.82. The van der Waals surface area contributed by atoms with Gasteiger partial charge in [0, 0.05) is 11.1 Å². The number of carbonyl (C=O) groups excluding carboxylic acids is 1. The summed E-state index contributed by atoms with van der Waals surface area (Å²) in [6.45, 7) is 5.67. The summed E-state index contributed by atoms with van der Waals surface area (Å²) in [5.74, 6) is -0.162. The van der Waals surface area contributed by atoms with E-state index in [1.54, 1.807) is 6.07 Å². The van der Waals surface area contributed by atoms with Crippen molar-refractivity contribution in [1.29, 1.82) is 5.26 Å². The summed E-state index contributed by atoms with van der Waals surface area (Å²) < 4.78 is 0. The molecule has 1 atom stereocenters. The number of para-hydroxylation sites is 1. The zero-order valence-electron chi connectivity index (χ0n) is 11.8. The van der Waals surface area contributed by atoms with Gasteiger partial charge in [-0.1, -0.05) is 32.0 Å². The van der Waals surface area contributed by atoms with Crippen LogP contribution in [0.25, 0.3) is 10.9 Å². The van der Waals surface area contributed by atoms with Crippen molar-refractivity contribution in [3.8, 4) is 6.07 Å². The second kappa shape index (κ2) is 5.70. The average Bonchev–Trinajstić information content (AvgIpc) is 2.43. The van der Waals surface area contributed by atoms with E-state index < -0.39 is 6.04 Å². The minimum atomic E-state index is -0.491. The van der Waals surface area contributed by atoms with Gasteiger partial charge in [-0.3, -0.25) is 9.78 Å². The van der Waals surface area contributed by atoms with Crippen molar-refractivity contribution in [3.63, 3.8) is 0 Å². The average molecular weight is 267 g/mol. The molecule has 1 aromatic heterocycles. The van der Waals surface area contributed by atoms with E-state index in [-0.39, 0.29) is 11.8 Å². The standard InChI is InChI=1S/C16H17N3O/c1-10(2)15(9-17)19-16(20)13-8-11(3)18-14-7-5-4-6-12(13)14/h4-8,10,15H,1-3H3,(H,19,20). The molecule has 0 bridgehead atoms. The Hall–Kier alpha value is -2.41. The molecule has 1 aromatic carbocycles. The predicted molar refractivity (Wildman–Crippen MR) is 78.2 cm³/mol. The monoisotopic (exact) mass is 267 g/mol. The van der Waals surface area contributed by atoms with Gasteiger partial charge in [0.25, 0.3) is 5.91 Å². The molecule has 2 aromatic rings. The topological polar surface area (TPSA) is 65.8 Å². The Morgan fingerprint density at radius 2 is 2.05 bits per heavy atom. The number of nitrogens with one attached hydrogen (secondary N) is 1. The number of fused-ring (bicyclic) bond motifs is 1. The van der Waals surface area contributed by atoms with Gasteiger partial charge < -0.3 is 5.32 Å². The summed E-state index contributed by atoms with van der Waals surface area (Å²) in [6, 6.07) is 10.9. The van der Waals surface area contributed by atoms with Gasteiger partial charge in [-0.25, -0.2) is 0 Å². The molecule has 0 aliphatic rings. The smallest absolute Gasteiger partial charge is 0.253 e. The number of benzene rings is 1. The number of carbonyl (C=O) groups is 1. The SMILES string of the molecule is Cc1cc(C(=O)NC(C#N)C(C)C)c2ccccc2n1. The lowest BCUT2D eigenvalue weighted by Gasteiger charge is -2.16. The number of nitriles is 1. The summed E-state index contributed by atoms with van der Waals surface area (Å²) in [4.78, 5) is 16.8. The van der Waals surface area contributed by atoms with E-state index in [0.717, 1.165) is 16.6 Å². The van der Waals surface area contributed by atoms with Gasteiger partial charge in [0.2, 0.25) is 0 Å². The maximum Gasteiger partial charge on any atom is 0.253 e. The van der Waals surface area contributed by atoms with Crippen LogP contribution >= 0.6 is 0 Å². The molecular formula is C16H17N3O. The van der Waals surface area contributed by atoms with Gasteiger partial charge in [-0.2, -0.15) is 5.26 Å². The summed E-state index contributed by atoms with van der Waals surface area (Å²) in [6.07, 6.45) is 0. The minimum Gasteiger partial charge on any atom is -0.336 e. The second-order valence-electron chi connectivity index (χ2n) is 5.15. The quantitative estimate of drug-likeness (QED) is 0.929. The number of aromatic nitrogens is 1. The summed E-state index contributed by atoms with van der Waals surface area (Å²) in [5, 5.41) is 12.7. The Labute approximate surface area is 118 Å². The molecule has 1 amide bonds. The van der Waals surface area contributed by atoms with Gasteiger partial charge in [0.1, 0.15) is 6.04 Å². The van der Waals surface area contributed by atoms with Crippen molar-refractivity contribution in [2.45, 2.75) is 26.8 Å². The lowest BCUT2D eigenvalue weighted by atomic mass is 10.0. The van der Waals surface area contributed by atoms with E-state index in [2.05, 4.69) is 16.4 Å². The van der Waals surface area contributed by atoms with E-state index >= 15 is 0 Å². The molecule has 0 radical (unpaired) electrons. The molecule has 0 saturated carbocycles. The van der Waals surface area contributed by atoms with Crippen LogP contribution in [0.3, 0.4) is 0 Å². The third-order valence-corrected chi connectivity index (χ3v) is 3.18. The molecule has 2 rings (SSSR count). The fraction of sp³-hybridized carbons (Fsp3) is 0.312. The molecule has 1 heterocycles. The first kappa shape index (κ1) is 14.0. The zero-order valence-corrected chi connectivity index (χ0v) is 11.8. The van der Waals surface area contributed by atoms with Crippen LogP contribution in [0.1, 0.15) is 29.9 Å². The van der Waals surface area contributed by atoms with Gasteiger partial charge in [0.15, 0.2) is 0 Å². The summed E-state index contributed by atoms with van der Waals surface area (Å²) >= 11 is 0. The van der Waals surface area contributed by atoms with E-state index in [4.69, 9.17) is 5.26 Å². The Kier molecular flexibility index (Phi) is 3.99. The first-order valence-corrected chi connectivity index (χ1v) is 6.60. The van der Waals surface area contributed by atoms with Crippen molar-refractivity contribution in [2.24, 2.45) is 5.92 Å². The molecule has 0 spiro atoms. The lowest BCUT2D eigenvalue weighted by molar-refractivity contribution is 0.0939. The van der Waals surface area contributed by atoms with Crippen molar-refractivity contribution in [2.75, 3.05) is 0 Å². The summed E-state index contributed by atoms with van der Waals surface area (Å²) in [7, 11) is 0. The molecule has 0 aliphatic heterocycles. The molecule has 1 unspecified atom stereocenters. The third kappa shape index (κ3) is 2.77. The second-order valence-corrected chi connectivity index (χ2v) is 5.15. The number of aryl methyl sites for hydroxylation is 1. The highest BCUT2D eigenvalue weighted by Gasteiger charge is 2.18. The molecule has 4 nitrogen and oxygen atoms in total. The fourth-order valence-corrected chi connectivity index (χ4v) is 2.06. The van der Waals surface area contributed by atoms with Crippen LogP contribution in [0, 0.1) is 24.2 Å². The zero-order chi connectivity index (χ0) is 14.7. The van der Waals surface area contributed by atoms with E-state index in [0.29, 0.717) is 5.56 Å². The normalized spacial score (nSPS) is 12.2. The van der Waals surface area contributed by atoms with E-state index in [1.807, 2.05) is 45.0 Å². The number of rotatable bonds is 3. The van der Waals surface area contributed by atoms with Crippen LogP contribution in [0.15, 0.2) is 30.3 Å². The van der Waals surface area contributed by atoms with E-state index in [1.165, 1.54) is 0 Å². The fourth-order valence-electron chi connectivity index (χ4n) is 2.06. The molecule has 20 heavy (non-hydrogen) atoms. The van der Waals surface area contributed by atoms with Crippen molar-refractivity contribution < 1.29 is 4.79 Å². The maximum absolute atomic E-state index is 12.4. The van der Waals surface area contributed by atoms with E-state index in [9.17, 15) is 4.79 Å². The van der Waals surface area contributed by atoms with Crippen LogP contribution in [-0.2, 0) is 0 Å². The number of hydrogen-bond acceptors (Lipinski definition) is 3. The number of pyridine rings is 1. The molecule has 0 aliphatic carbocycles. The van der Waals surface area contributed by atoms with Gasteiger partial charge >= 0.3 is 0 Å². The van der Waals surface area contributed by atoms with Crippen LogP contribution in [0.5, 0.6) is 0 Å². The van der Waals surface area contributed by atoms with Crippen LogP contribution < -0.4 is 5.32 Å². The number of amides is 1. The highest BCUT2D eigenvalue weighted by molar-refractivity contribution is 6.06. The van der Waals surface area contributed by atoms with Crippen LogP contribution in [-0.4, -0.2) is 16.9 Å². The third-order valence-electron chi connectivity index (χ3n) is 3.18. The molecular weight excluding hydrogens is 250 g/mol. The Balaban J connectivity index is 2.42. The minimum absolute atomic E-state index is 0.0677. The molecule has 4 heteroatoms. The number of nitrogens with zero attached hydrogens (tertiary/aromatic N) is 2. The highest BCUT2D eigenvalue weighted by Crippen LogP contribution is 2.18. The van der Waals surface area contributed by atoms with Crippen molar-refractivity contribution in [1.82, 2.24) is 10.3 Å². The summed E-state index contributed by atoms with van der Waals surface area (Å²) in [5.41, 5.74) is 2.14. The van der Waals surface area contributed by atoms with Crippen molar-refractivity contribution in [3.05, 3.63) is 41.6 Å². The van der Waals surface area contributed by atoms with Gasteiger partial charge in [0.05, 0.1) is 17.1 Å². The molecule has 1 N–H and O–H groups in total. The largest absolute Gasteiger partial charge is 0.336 e. The first-order chi connectivity index (χ1) is 9.52. The van der Waals surface area contributed by atoms with Gasteiger partial charge in [-0.05, 0) is 25.0 Å². The van der Waals surface area contributed by atoms with Gasteiger partial charge in [-0.15, -0.1) is 0 Å². The van der Waals surface area contributed by atoms with Crippen LogP contribution in [0.2, 0.25) is 0 Å². The number of hydrogen-bond donors (Lipinski definition) is 1. The Bertz CT molecular complexity index is 686. The highest BCUT2D eigenvalue weighted by atomic mass is 16.1. The molecule has 0 saturated heterocycles. The Morgan fingerprint density at radius 3 is 2.70 bits per heavy atom. The van der Waals surface area contributed by atoms with Crippen molar-refractivity contribution >= 4 is 16.8 Å². The molecule has 0 fully saturated rings. The first-order valence-electron chi connectivity index (χ1n) is 6.60. The van der Waals surface area contributed by atoms with Crippen LogP contribution in [0.4, 0.5) is 0 Å².